The van der Waals surface area contributed by atoms with Gasteiger partial charge in [-0.3, -0.25) is 9.59 Å². The molecule has 2 unspecified atom stereocenters. The zero-order valence-electron chi connectivity index (χ0n) is 18.9. The zero-order valence-corrected chi connectivity index (χ0v) is 18.9. The van der Waals surface area contributed by atoms with Gasteiger partial charge < -0.3 is 25.2 Å². The van der Waals surface area contributed by atoms with E-state index in [2.05, 4.69) is 34.9 Å². The van der Waals surface area contributed by atoms with Crippen molar-refractivity contribution in [2.75, 3.05) is 26.8 Å². The molecule has 2 aromatic carbocycles. The van der Waals surface area contributed by atoms with E-state index in [9.17, 15) is 14.4 Å². The molecule has 1 aliphatic rings. The van der Waals surface area contributed by atoms with Crippen molar-refractivity contribution in [2.45, 2.75) is 31.8 Å². The lowest BCUT2D eigenvalue weighted by Gasteiger charge is -2.17. The quantitative estimate of drug-likeness (QED) is 0.481. The summed E-state index contributed by atoms with van der Waals surface area (Å²) in [6, 6.07) is 16.3. The standard InChI is InChI=1S/C25H30N2O6/c1-16(11-23(28)26-14-17(32-2)12-24(29)30)13-27-25(31)33-15-22-20-9-5-3-7-18(20)19-8-4-6-10-21(19)22/h3-10,16-17,22H,11-15H2,1-2H3,(H,26,28)(H,27,31)(H,29,30). The Bertz CT molecular complexity index is 947. The predicted molar refractivity (Wildman–Crippen MR) is 123 cm³/mol. The van der Waals surface area contributed by atoms with Crippen molar-refractivity contribution in [3.05, 3.63) is 59.7 Å². The smallest absolute Gasteiger partial charge is 0.407 e. The number of rotatable bonds is 11. The van der Waals surface area contributed by atoms with Crippen LogP contribution in [0.5, 0.6) is 0 Å². The lowest BCUT2D eigenvalue weighted by molar-refractivity contribution is -0.140. The van der Waals surface area contributed by atoms with E-state index in [1.807, 2.05) is 31.2 Å². The Hall–Kier alpha value is -3.39. The second kappa shape index (κ2) is 11.5. The molecule has 176 valence electrons. The molecule has 2 atom stereocenters. The summed E-state index contributed by atoms with van der Waals surface area (Å²) in [5.41, 5.74) is 4.63. The number of fused-ring (bicyclic) bond motifs is 3. The van der Waals surface area contributed by atoms with Gasteiger partial charge in [-0.15, -0.1) is 0 Å². The van der Waals surface area contributed by atoms with Gasteiger partial charge in [-0.1, -0.05) is 55.5 Å². The van der Waals surface area contributed by atoms with E-state index in [0.29, 0.717) is 0 Å². The van der Waals surface area contributed by atoms with E-state index in [4.69, 9.17) is 14.6 Å². The highest BCUT2D eigenvalue weighted by Gasteiger charge is 2.29. The lowest BCUT2D eigenvalue weighted by Crippen LogP contribution is -2.36. The highest BCUT2D eigenvalue weighted by Crippen LogP contribution is 2.44. The van der Waals surface area contributed by atoms with Gasteiger partial charge in [0.2, 0.25) is 5.91 Å². The van der Waals surface area contributed by atoms with Gasteiger partial charge in [0.05, 0.1) is 12.5 Å². The first kappa shape index (κ1) is 24.3. The molecule has 0 aromatic heterocycles. The van der Waals surface area contributed by atoms with Crippen molar-refractivity contribution in [1.29, 1.82) is 0 Å². The van der Waals surface area contributed by atoms with Crippen LogP contribution in [0.1, 0.15) is 36.8 Å². The monoisotopic (exact) mass is 454 g/mol. The number of hydrogen-bond acceptors (Lipinski definition) is 5. The third-order valence-corrected chi connectivity index (χ3v) is 5.73. The highest BCUT2D eigenvalue weighted by atomic mass is 16.5. The molecule has 3 rings (SSSR count). The maximum Gasteiger partial charge on any atom is 0.407 e. The summed E-state index contributed by atoms with van der Waals surface area (Å²) in [6.07, 6.45) is -1.10. The summed E-state index contributed by atoms with van der Waals surface area (Å²) in [6.45, 7) is 2.48. The first-order valence-corrected chi connectivity index (χ1v) is 11.0. The van der Waals surface area contributed by atoms with Gasteiger partial charge in [-0.2, -0.15) is 0 Å². The van der Waals surface area contributed by atoms with E-state index < -0.39 is 18.2 Å². The Labute approximate surface area is 193 Å². The molecular weight excluding hydrogens is 424 g/mol. The maximum atomic E-state index is 12.3. The molecule has 1 aliphatic carbocycles. The van der Waals surface area contributed by atoms with E-state index >= 15 is 0 Å². The van der Waals surface area contributed by atoms with Crippen LogP contribution in [-0.2, 0) is 19.1 Å². The normalized spacial score (nSPS) is 14.0. The summed E-state index contributed by atoms with van der Waals surface area (Å²) in [7, 11) is 1.40. The van der Waals surface area contributed by atoms with Crippen LogP contribution in [0.15, 0.2) is 48.5 Å². The van der Waals surface area contributed by atoms with Crippen LogP contribution >= 0.6 is 0 Å². The third kappa shape index (κ3) is 6.55. The molecule has 8 nitrogen and oxygen atoms in total. The highest BCUT2D eigenvalue weighted by molar-refractivity contribution is 5.79. The van der Waals surface area contributed by atoms with Gasteiger partial charge in [-0.25, -0.2) is 4.79 Å². The molecule has 0 radical (unpaired) electrons. The maximum absolute atomic E-state index is 12.3. The van der Waals surface area contributed by atoms with Crippen molar-refractivity contribution in [1.82, 2.24) is 10.6 Å². The molecule has 0 fully saturated rings. The number of aliphatic carboxylic acids is 1. The number of carbonyl (C=O) groups excluding carboxylic acids is 2. The molecule has 3 N–H and O–H groups in total. The van der Waals surface area contributed by atoms with Gasteiger partial charge in [0.1, 0.15) is 6.61 Å². The minimum Gasteiger partial charge on any atom is -0.481 e. The number of carboxylic acids is 1. The summed E-state index contributed by atoms with van der Waals surface area (Å²) in [5.74, 6) is -1.35. The Morgan fingerprint density at radius 3 is 2.12 bits per heavy atom. The molecule has 2 amide bonds. The predicted octanol–water partition coefficient (Wildman–Crippen LogP) is 3.16. The van der Waals surface area contributed by atoms with Crippen molar-refractivity contribution < 1.29 is 29.0 Å². The first-order valence-electron chi connectivity index (χ1n) is 11.0. The van der Waals surface area contributed by atoms with Crippen LogP contribution in [0.3, 0.4) is 0 Å². The molecule has 2 aromatic rings. The fourth-order valence-corrected chi connectivity index (χ4v) is 4.03. The Morgan fingerprint density at radius 2 is 1.55 bits per heavy atom. The molecule has 33 heavy (non-hydrogen) atoms. The first-order chi connectivity index (χ1) is 15.9. The van der Waals surface area contributed by atoms with Crippen LogP contribution in [0.4, 0.5) is 4.79 Å². The Morgan fingerprint density at radius 1 is 0.939 bits per heavy atom. The van der Waals surface area contributed by atoms with Gasteiger partial charge in [0.25, 0.3) is 0 Å². The van der Waals surface area contributed by atoms with Crippen LogP contribution in [0.2, 0.25) is 0 Å². The van der Waals surface area contributed by atoms with Gasteiger partial charge in [0.15, 0.2) is 0 Å². The largest absolute Gasteiger partial charge is 0.481 e. The van der Waals surface area contributed by atoms with Crippen molar-refractivity contribution in [2.24, 2.45) is 5.92 Å². The average molecular weight is 455 g/mol. The number of carbonyl (C=O) groups is 3. The number of hydrogen-bond donors (Lipinski definition) is 3. The van der Waals surface area contributed by atoms with Gasteiger partial charge in [0, 0.05) is 32.5 Å². The number of amides is 2. The van der Waals surface area contributed by atoms with Crippen molar-refractivity contribution >= 4 is 18.0 Å². The van der Waals surface area contributed by atoms with Gasteiger partial charge >= 0.3 is 12.1 Å². The molecule has 0 aliphatic heterocycles. The van der Waals surface area contributed by atoms with Crippen LogP contribution < -0.4 is 10.6 Å². The number of methoxy groups -OCH3 is 1. The summed E-state index contributed by atoms with van der Waals surface area (Å²) >= 11 is 0. The zero-order chi connectivity index (χ0) is 23.8. The van der Waals surface area contributed by atoms with E-state index in [-0.39, 0.29) is 50.3 Å². The van der Waals surface area contributed by atoms with E-state index in [1.165, 1.54) is 18.2 Å². The third-order valence-electron chi connectivity index (χ3n) is 5.73. The second-order valence-corrected chi connectivity index (χ2v) is 8.28. The molecule has 0 bridgehead atoms. The molecule has 0 saturated carbocycles. The summed E-state index contributed by atoms with van der Waals surface area (Å²) < 4.78 is 10.5. The number of alkyl carbamates (subject to hydrolysis) is 1. The lowest BCUT2D eigenvalue weighted by atomic mass is 9.98. The number of nitrogens with one attached hydrogen (secondary N) is 2. The Balaban J connectivity index is 1.42. The topological polar surface area (TPSA) is 114 Å². The van der Waals surface area contributed by atoms with Crippen LogP contribution in [-0.4, -0.2) is 56.0 Å². The van der Waals surface area contributed by atoms with E-state index in [0.717, 1.165) is 11.1 Å². The average Bonchev–Trinajstić information content (AvgIpc) is 3.12. The molecule has 0 heterocycles. The van der Waals surface area contributed by atoms with Crippen LogP contribution in [0, 0.1) is 5.92 Å². The molecular formula is C25H30N2O6. The minimum atomic E-state index is -0.989. The van der Waals surface area contributed by atoms with Crippen molar-refractivity contribution in [3.63, 3.8) is 0 Å². The minimum absolute atomic E-state index is 0.00844. The Kier molecular flexibility index (Phi) is 8.43. The molecule has 0 spiro atoms. The SMILES string of the molecule is COC(CNC(=O)CC(C)CNC(=O)OCC1c2ccccc2-c2ccccc21)CC(=O)O. The molecule has 0 saturated heterocycles. The van der Waals surface area contributed by atoms with Gasteiger partial charge in [-0.05, 0) is 28.2 Å². The van der Waals surface area contributed by atoms with E-state index in [1.54, 1.807) is 0 Å². The fourth-order valence-electron chi connectivity index (χ4n) is 4.03. The number of ether oxygens (including phenoxy) is 2. The van der Waals surface area contributed by atoms with Crippen LogP contribution in [0.25, 0.3) is 11.1 Å². The number of benzene rings is 2. The molecule has 8 heteroatoms. The van der Waals surface area contributed by atoms with Crippen molar-refractivity contribution in [3.8, 4) is 11.1 Å². The second-order valence-electron chi connectivity index (χ2n) is 8.28. The fraction of sp³-hybridized carbons (Fsp3) is 0.400. The summed E-state index contributed by atoms with van der Waals surface area (Å²) in [5, 5.41) is 14.2. The summed E-state index contributed by atoms with van der Waals surface area (Å²) in [4.78, 5) is 35.1. The number of carboxylic acid groups (broad SMARTS) is 1.